The first-order chi connectivity index (χ1) is 8.88. The van der Waals surface area contributed by atoms with Gasteiger partial charge >= 0.3 is 0 Å². The summed E-state index contributed by atoms with van der Waals surface area (Å²) in [5, 5.41) is 12.2. The van der Waals surface area contributed by atoms with Crippen molar-refractivity contribution in [3.63, 3.8) is 0 Å². The van der Waals surface area contributed by atoms with Crippen molar-refractivity contribution in [3.8, 4) is 0 Å². The van der Waals surface area contributed by atoms with Gasteiger partial charge in [0.15, 0.2) is 0 Å². The Kier molecular flexibility index (Phi) is 5.48. The minimum Gasteiger partial charge on any atom is -0.396 e. The minimum atomic E-state index is -0.343. The highest BCUT2D eigenvalue weighted by atomic mass is 16.3. The molecule has 2 N–H and O–H groups in total. The molecule has 19 heavy (non-hydrogen) atoms. The number of hydrogen-bond acceptors (Lipinski definition) is 3. The lowest BCUT2D eigenvalue weighted by molar-refractivity contribution is -0.127. The van der Waals surface area contributed by atoms with Crippen molar-refractivity contribution >= 4 is 5.91 Å². The van der Waals surface area contributed by atoms with Gasteiger partial charge < -0.3 is 10.4 Å². The zero-order valence-corrected chi connectivity index (χ0v) is 12.2. The normalized spacial score (nSPS) is 13.4. The van der Waals surface area contributed by atoms with Crippen LogP contribution in [0.5, 0.6) is 0 Å². The van der Waals surface area contributed by atoms with E-state index in [4.69, 9.17) is 0 Å². The maximum Gasteiger partial charge on any atom is 0.225 e. The third kappa shape index (κ3) is 4.31. The molecule has 0 fully saturated rings. The molecule has 0 bridgehead atoms. The van der Waals surface area contributed by atoms with Crippen LogP contribution in [0.25, 0.3) is 0 Å². The van der Waals surface area contributed by atoms with Gasteiger partial charge in [-0.05, 0) is 17.5 Å². The monoisotopic (exact) mass is 264 g/mol. The van der Waals surface area contributed by atoms with Crippen LogP contribution in [0.1, 0.15) is 33.3 Å². The Morgan fingerprint density at radius 1 is 1.47 bits per heavy atom. The summed E-state index contributed by atoms with van der Waals surface area (Å²) in [5.41, 5.74) is 0.904. The molecule has 1 aromatic heterocycles. The Bertz CT molecular complexity index is 402. The zero-order valence-electron chi connectivity index (χ0n) is 12.2. The molecule has 1 atom stereocenters. The van der Waals surface area contributed by atoms with Crippen molar-refractivity contribution in [3.05, 3.63) is 30.1 Å². The second kappa shape index (κ2) is 6.66. The van der Waals surface area contributed by atoms with Crippen molar-refractivity contribution in [2.75, 3.05) is 13.2 Å². The van der Waals surface area contributed by atoms with Crippen molar-refractivity contribution in [1.82, 2.24) is 10.3 Å². The Hall–Kier alpha value is -1.42. The molecule has 4 heteroatoms. The fourth-order valence-corrected chi connectivity index (χ4v) is 1.90. The first kappa shape index (κ1) is 15.6. The van der Waals surface area contributed by atoms with E-state index in [1.807, 2.05) is 32.2 Å². The molecule has 0 aliphatic heterocycles. The van der Waals surface area contributed by atoms with Crippen LogP contribution in [0.15, 0.2) is 24.5 Å². The molecule has 0 radical (unpaired) electrons. The van der Waals surface area contributed by atoms with Crippen LogP contribution in [0.4, 0.5) is 0 Å². The molecule has 0 aromatic carbocycles. The molecule has 1 amide bonds. The van der Waals surface area contributed by atoms with Crippen molar-refractivity contribution in [1.29, 1.82) is 0 Å². The lowest BCUT2D eigenvalue weighted by atomic mass is 9.85. The molecule has 1 heterocycles. The summed E-state index contributed by atoms with van der Waals surface area (Å²) >= 11 is 0. The molecule has 1 unspecified atom stereocenters. The summed E-state index contributed by atoms with van der Waals surface area (Å²) in [7, 11) is 0. The molecule has 0 aliphatic carbocycles. The summed E-state index contributed by atoms with van der Waals surface area (Å²) in [6.07, 6.45) is 3.55. The largest absolute Gasteiger partial charge is 0.396 e. The summed E-state index contributed by atoms with van der Waals surface area (Å²) in [4.78, 5) is 16.1. The summed E-state index contributed by atoms with van der Waals surface area (Å²) in [5.74, 6) is -0.300. The predicted molar refractivity (Wildman–Crippen MR) is 75.7 cm³/mol. The van der Waals surface area contributed by atoms with Gasteiger partial charge in [0.25, 0.3) is 0 Å². The summed E-state index contributed by atoms with van der Waals surface area (Å²) in [6, 6.07) is 3.90. The van der Waals surface area contributed by atoms with Gasteiger partial charge in [-0.15, -0.1) is 0 Å². The molecule has 0 spiro atoms. The van der Waals surface area contributed by atoms with E-state index in [0.717, 1.165) is 5.56 Å². The van der Waals surface area contributed by atoms with Gasteiger partial charge in [-0.1, -0.05) is 33.8 Å². The van der Waals surface area contributed by atoms with E-state index in [2.05, 4.69) is 24.1 Å². The van der Waals surface area contributed by atoms with Gasteiger partial charge in [0, 0.05) is 24.4 Å². The smallest absolute Gasteiger partial charge is 0.225 e. The number of nitrogens with zero attached hydrogens (tertiary/aromatic N) is 1. The van der Waals surface area contributed by atoms with E-state index in [1.165, 1.54) is 0 Å². The number of aliphatic hydroxyl groups excluding tert-OH is 1. The molecule has 4 nitrogen and oxygen atoms in total. The van der Waals surface area contributed by atoms with Crippen molar-refractivity contribution < 1.29 is 9.90 Å². The van der Waals surface area contributed by atoms with Gasteiger partial charge in [0.05, 0.1) is 12.5 Å². The van der Waals surface area contributed by atoms with Crippen LogP contribution in [-0.2, 0) is 10.2 Å². The predicted octanol–water partition coefficient (Wildman–Crippen LogP) is 1.74. The number of aliphatic hydroxyl groups is 1. The van der Waals surface area contributed by atoms with Crippen molar-refractivity contribution in [2.45, 2.75) is 33.1 Å². The fourth-order valence-electron chi connectivity index (χ4n) is 1.90. The van der Waals surface area contributed by atoms with Crippen LogP contribution < -0.4 is 5.32 Å². The Morgan fingerprint density at radius 2 is 2.16 bits per heavy atom. The number of aromatic nitrogens is 1. The van der Waals surface area contributed by atoms with E-state index < -0.39 is 0 Å². The highest BCUT2D eigenvalue weighted by Crippen LogP contribution is 2.21. The van der Waals surface area contributed by atoms with E-state index >= 15 is 0 Å². The van der Waals surface area contributed by atoms with Crippen LogP contribution in [-0.4, -0.2) is 29.1 Å². The van der Waals surface area contributed by atoms with Crippen molar-refractivity contribution in [2.24, 2.45) is 11.8 Å². The number of amides is 1. The highest BCUT2D eigenvalue weighted by Gasteiger charge is 2.25. The fraction of sp³-hybridized carbons (Fsp3) is 0.600. The topological polar surface area (TPSA) is 62.2 Å². The Balaban J connectivity index is 2.63. The lowest BCUT2D eigenvalue weighted by Crippen LogP contribution is -2.42. The first-order valence-corrected chi connectivity index (χ1v) is 6.67. The number of carbonyl (C=O) groups excluding carboxylic acids is 1. The van der Waals surface area contributed by atoms with Crippen LogP contribution >= 0.6 is 0 Å². The lowest BCUT2D eigenvalue weighted by Gasteiger charge is -2.27. The molecule has 1 rings (SSSR count). The average molecular weight is 264 g/mol. The molecule has 0 aliphatic rings. The number of hydrogen-bond donors (Lipinski definition) is 2. The minimum absolute atomic E-state index is 0.0885. The standard InChI is InChI=1S/C15H24N2O2/c1-11(2)13(9-18)14(19)17-10-15(3,4)12-6-5-7-16-8-12/h5-8,11,13,18H,9-10H2,1-4H3,(H,17,19). The van der Waals surface area contributed by atoms with Gasteiger partial charge in [0.1, 0.15) is 0 Å². The van der Waals surface area contributed by atoms with E-state index in [9.17, 15) is 9.90 Å². The quantitative estimate of drug-likeness (QED) is 0.822. The second-order valence-corrected chi connectivity index (χ2v) is 5.88. The van der Waals surface area contributed by atoms with E-state index in [1.54, 1.807) is 6.20 Å². The SMILES string of the molecule is CC(C)C(CO)C(=O)NCC(C)(C)c1cccnc1. The third-order valence-corrected chi connectivity index (χ3v) is 3.49. The summed E-state index contributed by atoms with van der Waals surface area (Å²) < 4.78 is 0. The van der Waals surface area contributed by atoms with E-state index in [0.29, 0.717) is 6.54 Å². The van der Waals surface area contributed by atoms with Crippen LogP contribution in [0.3, 0.4) is 0 Å². The molecule has 0 saturated carbocycles. The molecular weight excluding hydrogens is 240 g/mol. The van der Waals surface area contributed by atoms with Crippen LogP contribution in [0, 0.1) is 11.8 Å². The third-order valence-electron chi connectivity index (χ3n) is 3.49. The first-order valence-electron chi connectivity index (χ1n) is 6.67. The maximum absolute atomic E-state index is 12.0. The number of rotatable bonds is 6. The zero-order chi connectivity index (χ0) is 14.5. The maximum atomic E-state index is 12.0. The summed E-state index contributed by atoms with van der Waals surface area (Å²) in [6.45, 7) is 8.41. The van der Waals surface area contributed by atoms with Gasteiger partial charge in [0.2, 0.25) is 5.91 Å². The Labute approximate surface area is 115 Å². The number of carbonyl (C=O) groups is 1. The highest BCUT2D eigenvalue weighted by molar-refractivity contribution is 5.79. The van der Waals surface area contributed by atoms with E-state index in [-0.39, 0.29) is 29.8 Å². The molecule has 0 saturated heterocycles. The molecule has 1 aromatic rings. The Morgan fingerprint density at radius 3 is 2.63 bits per heavy atom. The number of nitrogens with one attached hydrogen (secondary N) is 1. The van der Waals surface area contributed by atoms with Crippen LogP contribution in [0.2, 0.25) is 0 Å². The average Bonchev–Trinajstić information content (AvgIpc) is 2.38. The molecular formula is C15H24N2O2. The molecule has 106 valence electrons. The van der Waals surface area contributed by atoms with Gasteiger partial charge in [-0.3, -0.25) is 9.78 Å². The van der Waals surface area contributed by atoms with Gasteiger partial charge in [-0.2, -0.15) is 0 Å². The number of pyridine rings is 1. The second-order valence-electron chi connectivity index (χ2n) is 5.88. The van der Waals surface area contributed by atoms with Gasteiger partial charge in [-0.25, -0.2) is 0 Å².